The second kappa shape index (κ2) is 8.52. The largest absolute Gasteiger partial charge is 0.481 e. The molecule has 0 aromatic rings. The van der Waals surface area contributed by atoms with Crippen LogP contribution in [0.5, 0.6) is 0 Å². The Hall–Kier alpha value is -1.63. The lowest BCUT2D eigenvalue weighted by Gasteiger charge is -2.30. The third-order valence-electron chi connectivity index (χ3n) is 3.38. The number of nitrogens with zero attached hydrogens (tertiary/aromatic N) is 1. The van der Waals surface area contributed by atoms with E-state index in [1.54, 1.807) is 4.90 Å². The highest BCUT2D eigenvalue weighted by atomic mass is 16.4. The SMILES string of the molecule is CCNC(=O)CCNCC(=O)N1CCC(C(=O)O)CC1. The summed E-state index contributed by atoms with van der Waals surface area (Å²) in [7, 11) is 0. The van der Waals surface area contributed by atoms with Gasteiger partial charge in [-0.3, -0.25) is 14.4 Å². The Labute approximate surface area is 118 Å². The molecule has 0 aliphatic carbocycles. The molecule has 0 unspecified atom stereocenters. The number of piperidine rings is 1. The van der Waals surface area contributed by atoms with E-state index in [0.29, 0.717) is 45.4 Å². The minimum Gasteiger partial charge on any atom is -0.481 e. The van der Waals surface area contributed by atoms with Gasteiger partial charge in [-0.15, -0.1) is 0 Å². The summed E-state index contributed by atoms with van der Waals surface area (Å²) in [6, 6.07) is 0. The maximum absolute atomic E-state index is 11.9. The van der Waals surface area contributed by atoms with E-state index in [4.69, 9.17) is 5.11 Å². The fourth-order valence-electron chi connectivity index (χ4n) is 2.17. The fourth-order valence-corrected chi connectivity index (χ4v) is 2.17. The van der Waals surface area contributed by atoms with Gasteiger partial charge >= 0.3 is 5.97 Å². The van der Waals surface area contributed by atoms with Gasteiger partial charge in [-0.25, -0.2) is 0 Å². The van der Waals surface area contributed by atoms with E-state index in [1.165, 1.54) is 0 Å². The van der Waals surface area contributed by atoms with Crippen molar-refractivity contribution in [1.82, 2.24) is 15.5 Å². The number of rotatable bonds is 7. The molecule has 0 spiro atoms. The minimum absolute atomic E-state index is 0.0327. The van der Waals surface area contributed by atoms with Crippen molar-refractivity contribution < 1.29 is 19.5 Å². The molecule has 0 bridgehead atoms. The van der Waals surface area contributed by atoms with E-state index < -0.39 is 5.97 Å². The highest BCUT2D eigenvalue weighted by molar-refractivity contribution is 5.79. The van der Waals surface area contributed by atoms with Crippen LogP contribution in [-0.2, 0) is 14.4 Å². The van der Waals surface area contributed by atoms with Crippen LogP contribution in [0.25, 0.3) is 0 Å². The molecule has 3 N–H and O–H groups in total. The smallest absolute Gasteiger partial charge is 0.306 e. The topological polar surface area (TPSA) is 98.7 Å². The van der Waals surface area contributed by atoms with Crippen molar-refractivity contribution in [2.75, 3.05) is 32.7 Å². The number of likely N-dealkylation sites (tertiary alicyclic amines) is 1. The highest BCUT2D eigenvalue weighted by Crippen LogP contribution is 2.16. The first-order valence-corrected chi connectivity index (χ1v) is 7.02. The van der Waals surface area contributed by atoms with Crippen LogP contribution in [0.15, 0.2) is 0 Å². The van der Waals surface area contributed by atoms with Crippen LogP contribution < -0.4 is 10.6 Å². The van der Waals surface area contributed by atoms with E-state index in [2.05, 4.69) is 10.6 Å². The van der Waals surface area contributed by atoms with E-state index in [9.17, 15) is 14.4 Å². The van der Waals surface area contributed by atoms with Crippen molar-refractivity contribution >= 4 is 17.8 Å². The Morgan fingerprint density at radius 2 is 1.90 bits per heavy atom. The van der Waals surface area contributed by atoms with Crippen molar-refractivity contribution in [3.05, 3.63) is 0 Å². The molecule has 1 aliphatic rings. The highest BCUT2D eigenvalue weighted by Gasteiger charge is 2.26. The van der Waals surface area contributed by atoms with Gasteiger partial charge in [-0.2, -0.15) is 0 Å². The zero-order valence-corrected chi connectivity index (χ0v) is 11.9. The van der Waals surface area contributed by atoms with Crippen molar-refractivity contribution in [2.45, 2.75) is 26.2 Å². The molecule has 1 fully saturated rings. The van der Waals surface area contributed by atoms with E-state index >= 15 is 0 Å². The zero-order valence-electron chi connectivity index (χ0n) is 11.9. The molecule has 2 amide bonds. The first-order chi connectivity index (χ1) is 9.54. The Bertz CT molecular complexity index is 352. The van der Waals surface area contributed by atoms with Gasteiger partial charge in [0.2, 0.25) is 11.8 Å². The quantitative estimate of drug-likeness (QED) is 0.544. The number of nitrogens with one attached hydrogen (secondary N) is 2. The summed E-state index contributed by atoms with van der Waals surface area (Å²) in [6.07, 6.45) is 1.38. The summed E-state index contributed by atoms with van der Waals surface area (Å²) in [5.41, 5.74) is 0. The summed E-state index contributed by atoms with van der Waals surface area (Å²) in [5, 5.41) is 14.5. The van der Waals surface area contributed by atoms with Gasteiger partial charge in [0.1, 0.15) is 0 Å². The van der Waals surface area contributed by atoms with Crippen LogP contribution in [0.3, 0.4) is 0 Å². The van der Waals surface area contributed by atoms with Crippen LogP contribution in [0.2, 0.25) is 0 Å². The van der Waals surface area contributed by atoms with Crippen LogP contribution in [-0.4, -0.2) is 60.5 Å². The van der Waals surface area contributed by atoms with Gasteiger partial charge in [-0.1, -0.05) is 0 Å². The molecule has 1 heterocycles. The second-order valence-electron chi connectivity index (χ2n) is 4.87. The molecule has 0 saturated carbocycles. The number of hydrogen-bond acceptors (Lipinski definition) is 4. The Morgan fingerprint density at radius 1 is 1.25 bits per heavy atom. The van der Waals surface area contributed by atoms with E-state index in [1.807, 2.05) is 6.92 Å². The lowest BCUT2D eigenvalue weighted by molar-refractivity contribution is -0.145. The number of aliphatic carboxylic acids is 1. The number of carbonyl (C=O) groups excluding carboxylic acids is 2. The Morgan fingerprint density at radius 3 is 2.45 bits per heavy atom. The van der Waals surface area contributed by atoms with Gasteiger partial charge in [0, 0.05) is 32.6 Å². The predicted octanol–water partition coefficient (Wildman–Crippen LogP) is -0.575. The standard InChI is InChI=1S/C13H23N3O4/c1-2-15-11(17)3-6-14-9-12(18)16-7-4-10(5-8-16)13(19)20/h10,14H,2-9H2,1H3,(H,15,17)(H,19,20). The molecule has 0 radical (unpaired) electrons. The fraction of sp³-hybridized carbons (Fsp3) is 0.769. The molecule has 20 heavy (non-hydrogen) atoms. The number of hydrogen-bond donors (Lipinski definition) is 3. The third-order valence-corrected chi connectivity index (χ3v) is 3.38. The van der Waals surface area contributed by atoms with Gasteiger partial charge < -0.3 is 20.6 Å². The summed E-state index contributed by atoms with van der Waals surface area (Å²) in [5.74, 6) is -1.18. The van der Waals surface area contributed by atoms with Gasteiger partial charge in [0.05, 0.1) is 12.5 Å². The lowest BCUT2D eigenvalue weighted by Crippen LogP contribution is -2.44. The van der Waals surface area contributed by atoms with E-state index in [0.717, 1.165) is 0 Å². The monoisotopic (exact) mass is 285 g/mol. The molecular weight excluding hydrogens is 262 g/mol. The van der Waals surface area contributed by atoms with Crippen LogP contribution in [0.1, 0.15) is 26.2 Å². The van der Waals surface area contributed by atoms with Crippen molar-refractivity contribution in [1.29, 1.82) is 0 Å². The molecule has 7 heteroatoms. The molecule has 114 valence electrons. The minimum atomic E-state index is -0.780. The maximum atomic E-state index is 11.9. The van der Waals surface area contributed by atoms with Crippen molar-refractivity contribution in [3.63, 3.8) is 0 Å². The van der Waals surface area contributed by atoms with Crippen LogP contribution >= 0.6 is 0 Å². The van der Waals surface area contributed by atoms with Gasteiger partial charge in [0.25, 0.3) is 0 Å². The summed E-state index contributed by atoms with van der Waals surface area (Å²) >= 11 is 0. The van der Waals surface area contributed by atoms with Crippen LogP contribution in [0.4, 0.5) is 0 Å². The maximum Gasteiger partial charge on any atom is 0.306 e. The number of carboxylic acids is 1. The summed E-state index contributed by atoms with van der Waals surface area (Å²) < 4.78 is 0. The normalized spacial score (nSPS) is 15.9. The van der Waals surface area contributed by atoms with Gasteiger partial charge in [0.15, 0.2) is 0 Å². The first kappa shape index (κ1) is 16.4. The summed E-state index contributed by atoms with van der Waals surface area (Å²) in [4.78, 5) is 35.5. The second-order valence-corrected chi connectivity index (χ2v) is 4.87. The number of amides is 2. The molecule has 0 aromatic heterocycles. The average molecular weight is 285 g/mol. The van der Waals surface area contributed by atoms with Crippen molar-refractivity contribution in [2.24, 2.45) is 5.92 Å². The summed E-state index contributed by atoms with van der Waals surface area (Å²) in [6.45, 7) is 4.10. The third kappa shape index (κ3) is 5.56. The molecule has 7 nitrogen and oxygen atoms in total. The molecule has 1 aliphatic heterocycles. The first-order valence-electron chi connectivity index (χ1n) is 7.02. The number of carbonyl (C=O) groups is 3. The Kier molecular flexibility index (Phi) is 7.00. The lowest BCUT2D eigenvalue weighted by atomic mass is 9.97. The molecule has 0 aromatic carbocycles. The molecular formula is C13H23N3O4. The van der Waals surface area contributed by atoms with Gasteiger partial charge in [-0.05, 0) is 19.8 Å². The van der Waals surface area contributed by atoms with E-state index in [-0.39, 0.29) is 24.3 Å². The average Bonchev–Trinajstić information content (AvgIpc) is 2.43. The predicted molar refractivity (Wildman–Crippen MR) is 73.1 cm³/mol. The zero-order chi connectivity index (χ0) is 15.0. The van der Waals surface area contributed by atoms with Crippen molar-refractivity contribution in [3.8, 4) is 0 Å². The van der Waals surface area contributed by atoms with Crippen LogP contribution in [0, 0.1) is 5.92 Å². The molecule has 1 rings (SSSR count). The number of carboxylic acid groups (broad SMARTS) is 1. The molecule has 0 atom stereocenters. The Balaban J connectivity index is 2.15. The molecule has 1 saturated heterocycles.